The summed E-state index contributed by atoms with van der Waals surface area (Å²) in [6.07, 6.45) is 1.90. The fraction of sp³-hybridized carbons (Fsp3) is 0.923. The zero-order chi connectivity index (χ0) is 16.3. The van der Waals surface area contributed by atoms with E-state index in [2.05, 4.69) is 15.6 Å². The van der Waals surface area contributed by atoms with Gasteiger partial charge in [0.1, 0.15) is 0 Å². The molecule has 23 heavy (non-hydrogen) atoms. The van der Waals surface area contributed by atoms with Gasteiger partial charge in [-0.3, -0.25) is 4.99 Å². The van der Waals surface area contributed by atoms with Gasteiger partial charge in [0.05, 0.1) is 19.0 Å². The summed E-state index contributed by atoms with van der Waals surface area (Å²) in [6, 6.07) is 0. The van der Waals surface area contributed by atoms with Crippen LogP contribution in [0.15, 0.2) is 4.99 Å². The molecule has 0 bridgehead atoms. The van der Waals surface area contributed by atoms with E-state index in [0.29, 0.717) is 31.6 Å². The molecule has 8 nitrogen and oxygen atoms in total. The number of sulfonamides is 1. The minimum atomic E-state index is -3.45. The predicted molar refractivity (Wildman–Crippen MR) is 102 cm³/mol. The first-order valence-electron chi connectivity index (χ1n) is 7.69. The molecule has 0 radical (unpaired) electrons. The zero-order valence-corrected chi connectivity index (χ0v) is 16.8. The molecule has 10 heteroatoms. The van der Waals surface area contributed by atoms with Gasteiger partial charge in [0, 0.05) is 38.8 Å². The van der Waals surface area contributed by atoms with Crippen molar-refractivity contribution in [3.63, 3.8) is 0 Å². The molecular formula is C13H29IN4O4S. The molecule has 0 aromatic heterocycles. The minimum Gasteiger partial charge on any atom is -0.381 e. The average molecular weight is 464 g/mol. The lowest BCUT2D eigenvalue weighted by molar-refractivity contribution is 0.0893. The third-order valence-corrected chi connectivity index (χ3v) is 3.89. The van der Waals surface area contributed by atoms with Crippen molar-refractivity contribution in [2.75, 3.05) is 51.8 Å². The van der Waals surface area contributed by atoms with Crippen LogP contribution in [0.2, 0.25) is 0 Å². The third-order valence-electron chi connectivity index (χ3n) is 3.12. The maximum atomic E-state index is 10.9. The topological polar surface area (TPSA) is 115 Å². The normalized spacial score (nSPS) is 18.5. The molecule has 1 saturated heterocycles. The quantitative estimate of drug-likeness (QED) is 0.180. The lowest BCUT2D eigenvalue weighted by Gasteiger charge is -2.11. The number of guanidine groups is 1. The van der Waals surface area contributed by atoms with Gasteiger partial charge in [-0.05, 0) is 19.8 Å². The smallest absolute Gasteiger partial charge is 0.210 e. The van der Waals surface area contributed by atoms with E-state index < -0.39 is 10.0 Å². The van der Waals surface area contributed by atoms with Crippen LogP contribution in [0, 0.1) is 5.92 Å². The summed E-state index contributed by atoms with van der Waals surface area (Å²) in [6.45, 7) is 6.57. The number of hydrogen-bond acceptors (Lipinski definition) is 5. The molecule has 138 valence electrons. The molecule has 1 heterocycles. The first-order valence-corrected chi connectivity index (χ1v) is 9.41. The van der Waals surface area contributed by atoms with Gasteiger partial charge in [0.2, 0.25) is 10.0 Å². The van der Waals surface area contributed by atoms with Crippen molar-refractivity contribution in [2.45, 2.75) is 19.8 Å². The molecule has 0 saturated carbocycles. The van der Waals surface area contributed by atoms with Crippen molar-refractivity contribution in [3.05, 3.63) is 0 Å². The highest BCUT2D eigenvalue weighted by atomic mass is 127. The molecule has 1 fully saturated rings. The summed E-state index contributed by atoms with van der Waals surface area (Å²) in [4.78, 5) is 4.36. The lowest BCUT2D eigenvalue weighted by atomic mass is 10.1. The van der Waals surface area contributed by atoms with E-state index in [1.54, 1.807) is 0 Å². The van der Waals surface area contributed by atoms with Crippen molar-refractivity contribution in [1.29, 1.82) is 0 Å². The van der Waals surface area contributed by atoms with Gasteiger partial charge in [-0.15, -0.1) is 24.0 Å². The fourth-order valence-electron chi connectivity index (χ4n) is 1.98. The Balaban J connectivity index is 0.00000484. The van der Waals surface area contributed by atoms with Gasteiger partial charge >= 0.3 is 0 Å². The van der Waals surface area contributed by atoms with Crippen molar-refractivity contribution in [1.82, 2.24) is 10.6 Å². The number of hydrogen-bond donors (Lipinski definition) is 3. The Morgan fingerprint density at radius 1 is 1.43 bits per heavy atom. The van der Waals surface area contributed by atoms with Gasteiger partial charge in [-0.2, -0.15) is 0 Å². The number of aliphatic imine (C=N–C) groups is 1. The summed E-state index contributed by atoms with van der Waals surface area (Å²) >= 11 is 0. The Hall–Kier alpha value is -0.170. The van der Waals surface area contributed by atoms with Crippen LogP contribution in [0.5, 0.6) is 0 Å². The Kier molecular flexibility index (Phi) is 13.1. The number of halogens is 1. The van der Waals surface area contributed by atoms with Crippen LogP contribution in [0.4, 0.5) is 0 Å². The number of nitrogens with one attached hydrogen (secondary N) is 2. The standard InChI is InChI=1S/C13H28N4O4S.HI/c1-2-15-13(17-6-9-22(14,18)19)16-5-3-7-20-10-12-4-8-21-11-12;/h12H,2-11H2,1H3,(H2,14,18,19)(H2,15,16,17);1H. The summed E-state index contributed by atoms with van der Waals surface area (Å²) in [5.74, 6) is 1.00. The molecule has 4 N–H and O–H groups in total. The Labute approximate surface area is 156 Å². The van der Waals surface area contributed by atoms with Gasteiger partial charge in [-0.1, -0.05) is 0 Å². The highest BCUT2D eigenvalue weighted by molar-refractivity contribution is 14.0. The lowest BCUT2D eigenvalue weighted by Crippen LogP contribution is -2.40. The van der Waals surface area contributed by atoms with Crippen molar-refractivity contribution < 1.29 is 17.9 Å². The predicted octanol–water partition coefficient (Wildman–Crippen LogP) is -0.109. The third kappa shape index (κ3) is 12.9. The van der Waals surface area contributed by atoms with E-state index >= 15 is 0 Å². The second-order valence-corrected chi connectivity index (χ2v) is 6.95. The van der Waals surface area contributed by atoms with Gasteiger partial charge in [0.25, 0.3) is 0 Å². The fourth-order valence-corrected chi connectivity index (χ4v) is 2.36. The Morgan fingerprint density at radius 3 is 2.83 bits per heavy atom. The van der Waals surface area contributed by atoms with Crippen LogP contribution in [0.1, 0.15) is 19.8 Å². The summed E-state index contributed by atoms with van der Waals surface area (Å²) < 4.78 is 32.6. The number of nitrogens with two attached hydrogens (primary N) is 1. The molecule has 0 spiro atoms. The van der Waals surface area contributed by atoms with Crippen molar-refractivity contribution in [3.8, 4) is 0 Å². The van der Waals surface area contributed by atoms with Gasteiger partial charge < -0.3 is 20.1 Å². The number of rotatable bonds is 10. The monoisotopic (exact) mass is 464 g/mol. The molecule has 1 unspecified atom stereocenters. The highest BCUT2D eigenvalue weighted by Crippen LogP contribution is 2.12. The summed E-state index contributed by atoms with van der Waals surface area (Å²) in [5.41, 5.74) is 0. The zero-order valence-electron chi connectivity index (χ0n) is 13.6. The van der Waals surface area contributed by atoms with Crippen LogP contribution in [0.3, 0.4) is 0 Å². The summed E-state index contributed by atoms with van der Waals surface area (Å²) in [5, 5.41) is 10.9. The molecule has 0 aliphatic carbocycles. The van der Waals surface area contributed by atoms with Gasteiger partial charge in [0.15, 0.2) is 5.96 Å². The van der Waals surface area contributed by atoms with Crippen LogP contribution in [0.25, 0.3) is 0 Å². The first-order chi connectivity index (χ1) is 10.5. The van der Waals surface area contributed by atoms with E-state index in [9.17, 15) is 8.42 Å². The van der Waals surface area contributed by atoms with E-state index in [1.165, 1.54) is 0 Å². The second kappa shape index (κ2) is 13.2. The van der Waals surface area contributed by atoms with Crippen molar-refractivity contribution >= 4 is 40.0 Å². The van der Waals surface area contributed by atoms with Gasteiger partial charge in [-0.25, -0.2) is 13.6 Å². The van der Waals surface area contributed by atoms with E-state index in [0.717, 1.165) is 32.7 Å². The van der Waals surface area contributed by atoms with Crippen LogP contribution in [-0.4, -0.2) is 66.2 Å². The van der Waals surface area contributed by atoms with E-state index in [1.807, 2.05) is 6.92 Å². The molecule has 0 aromatic carbocycles. The molecule has 0 aromatic rings. The average Bonchev–Trinajstić information content (AvgIpc) is 2.94. The SMILES string of the molecule is CCNC(=NCCCOCC1CCOC1)NCCS(N)(=O)=O.I. The van der Waals surface area contributed by atoms with E-state index in [-0.39, 0.29) is 36.3 Å². The minimum absolute atomic E-state index is 0. The number of ether oxygens (including phenoxy) is 2. The second-order valence-electron chi connectivity index (χ2n) is 5.21. The Bertz CT molecular complexity index is 428. The Morgan fingerprint density at radius 2 is 2.22 bits per heavy atom. The largest absolute Gasteiger partial charge is 0.381 e. The molecule has 1 atom stereocenters. The maximum absolute atomic E-state index is 10.9. The maximum Gasteiger partial charge on any atom is 0.210 e. The molecule has 0 amide bonds. The number of primary sulfonamides is 1. The molecular weight excluding hydrogens is 435 g/mol. The molecule has 1 aliphatic heterocycles. The molecule has 1 rings (SSSR count). The molecule has 1 aliphatic rings. The van der Waals surface area contributed by atoms with E-state index in [4.69, 9.17) is 14.6 Å². The summed E-state index contributed by atoms with van der Waals surface area (Å²) in [7, 11) is -3.45. The van der Waals surface area contributed by atoms with Crippen LogP contribution in [-0.2, 0) is 19.5 Å². The first kappa shape index (κ1) is 22.8. The number of nitrogens with zero attached hydrogens (tertiary/aromatic N) is 1. The van der Waals surface area contributed by atoms with Crippen molar-refractivity contribution in [2.24, 2.45) is 16.0 Å². The van der Waals surface area contributed by atoms with Crippen LogP contribution >= 0.6 is 24.0 Å². The highest BCUT2D eigenvalue weighted by Gasteiger charge is 2.15. The van der Waals surface area contributed by atoms with Crippen LogP contribution < -0.4 is 15.8 Å².